The van der Waals surface area contributed by atoms with Crippen LogP contribution in [0.3, 0.4) is 0 Å². The number of aryl methyl sites for hydroxylation is 3. The molecule has 0 aromatic heterocycles. The molecule has 0 unspecified atom stereocenters. The van der Waals surface area contributed by atoms with Gasteiger partial charge in [-0.1, -0.05) is 52.7 Å². The minimum Gasteiger partial charge on any atom is -0.484 e. The molecule has 31 heavy (non-hydrogen) atoms. The number of hydrogen-bond donors (Lipinski definition) is 1. The van der Waals surface area contributed by atoms with Crippen LogP contribution in [0.1, 0.15) is 49.4 Å². The lowest BCUT2D eigenvalue weighted by atomic mass is 10.1. The van der Waals surface area contributed by atoms with Crippen LogP contribution in [0.5, 0.6) is 5.75 Å². The van der Waals surface area contributed by atoms with E-state index in [0.717, 1.165) is 33.1 Å². The third kappa shape index (κ3) is 7.10. The summed E-state index contributed by atoms with van der Waals surface area (Å²) < 4.78 is 6.84. The molecule has 0 radical (unpaired) electrons. The Bertz CT molecular complexity index is 888. The molecule has 168 valence electrons. The van der Waals surface area contributed by atoms with Crippen LogP contribution in [0.4, 0.5) is 0 Å². The van der Waals surface area contributed by atoms with Gasteiger partial charge in [0.1, 0.15) is 11.8 Å². The third-order valence-corrected chi connectivity index (χ3v) is 6.66. The van der Waals surface area contributed by atoms with Crippen molar-refractivity contribution in [3.63, 3.8) is 0 Å². The van der Waals surface area contributed by atoms with Crippen molar-refractivity contribution in [2.75, 3.05) is 6.61 Å². The van der Waals surface area contributed by atoms with Gasteiger partial charge >= 0.3 is 0 Å². The zero-order chi connectivity index (χ0) is 23.1. The number of amides is 2. The van der Waals surface area contributed by atoms with E-state index in [1.807, 2.05) is 71.0 Å². The summed E-state index contributed by atoms with van der Waals surface area (Å²) in [6, 6.07) is 11.2. The Kier molecular flexibility index (Phi) is 9.11. The summed E-state index contributed by atoms with van der Waals surface area (Å²) >= 11 is 3.54. The highest BCUT2D eigenvalue weighted by atomic mass is 79.9. The van der Waals surface area contributed by atoms with Crippen molar-refractivity contribution in [2.45, 2.75) is 66.6 Å². The SMILES string of the molecule is CC[C@@H](C)NC(=O)[C@H](C)N(Cc1ccc(C)cc1)C(=O)COc1cc(C)c(Br)c(C)c1. The number of nitrogens with zero attached hydrogens (tertiary/aromatic N) is 1. The average Bonchev–Trinajstić information content (AvgIpc) is 2.74. The number of benzene rings is 2. The average molecular weight is 489 g/mol. The van der Waals surface area contributed by atoms with Gasteiger partial charge < -0.3 is 15.0 Å². The number of carbonyl (C=O) groups is 2. The van der Waals surface area contributed by atoms with E-state index in [-0.39, 0.29) is 24.5 Å². The first-order valence-corrected chi connectivity index (χ1v) is 11.5. The predicted molar refractivity (Wildman–Crippen MR) is 128 cm³/mol. The second-order valence-electron chi connectivity index (χ2n) is 8.16. The molecule has 0 bridgehead atoms. The standard InChI is InChI=1S/C25H33BrN2O3/c1-7-19(5)27-25(30)20(6)28(14-21-10-8-16(2)9-11-21)23(29)15-31-22-12-17(3)24(26)18(4)13-22/h8-13,19-20H,7,14-15H2,1-6H3,(H,27,30)/t19-,20+/m1/s1. The Labute approximate surface area is 194 Å². The van der Waals surface area contributed by atoms with Crippen LogP contribution in [0, 0.1) is 20.8 Å². The van der Waals surface area contributed by atoms with Crippen molar-refractivity contribution < 1.29 is 14.3 Å². The van der Waals surface area contributed by atoms with Gasteiger partial charge in [0.05, 0.1) is 0 Å². The molecule has 2 amide bonds. The molecule has 0 saturated carbocycles. The Morgan fingerprint density at radius 2 is 1.65 bits per heavy atom. The van der Waals surface area contributed by atoms with Crippen LogP contribution in [-0.2, 0) is 16.1 Å². The van der Waals surface area contributed by atoms with E-state index < -0.39 is 6.04 Å². The van der Waals surface area contributed by atoms with E-state index in [9.17, 15) is 9.59 Å². The number of nitrogens with one attached hydrogen (secondary N) is 1. The molecule has 2 rings (SSSR count). The number of carbonyl (C=O) groups excluding carboxylic acids is 2. The van der Waals surface area contributed by atoms with Gasteiger partial charge in [0.15, 0.2) is 6.61 Å². The Hall–Kier alpha value is -2.34. The van der Waals surface area contributed by atoms with Crippen LogP contribution >= 0.6 is 15.9 Å². The van der Waals surface area contributed by atoms with Crippen LogP contribution in [0.15, 0.2) is 40.9 Å². The van der Waals surface area contributed by atoms with Crippen LogP contribution in [-0.4, -0.2) is 35.4 Å². The summed E-state index contributed by atoms with van der Waals surface area (Å²) in [7, 11) is 0. The molecule has 1 N–H and O–H groups in total. The van der Waals surface area contributed by atoms with Crippen molar-refractivity contribution in [1.82, 2.24) is 10.2 Å². The maximum absolute atomic E-state index is 13.1. The van der Waals surface area contributed by atoms with Crippen LogP contribution < -0.4 is 10.1 Å². The van der Waals surface area contributed by atoms with Gasteiger partial charge in [0.25, 0.3) is 5.91 Å². The number of rotatable bonds is 9. The minimum absolute atomic E-state index is 0.0521. The highest BCUT2D eigenvalue weighted by molar-refractivity contribution is 9.10. The summed E-state index contributed by atoms with van der Waals surface area (Å²) in [5.74, 6) is 0.245. The maximum Gasteiger partial charge on any atom is 0.261 e. The van der Waals surface area contributed by atoms with E-state index >= 15 is 0 Å². The second-order valence-corrected chi connectivity index (χ2v) is 8.95. The largest absolute Gasteiger partial charge is 0.484 e. The zero-order valence-corrected chi connectivity index (χ0v) is 20.9. The van der Waals surface area contributed by atoms with Gasteiger partial charge in [-0.15, -0.1) is 0 Å². The lowest BCUT2D eigenvalue weighted by Crippen LogP contribution is -2.50. The smallest absolute Gasteiger partial charge is 0.261 e. The maximum atomic E-state index is 13.1. The number of halogens is 1. The Balaban J connectivity index is 2.18. The monoisotopic (exact) mass is 488 g/mol. The molecular weight excluding hydrogens is 456 g/mol. The van der Waals surface area contributed by atoms with Gasteiger partial charge in [0.2, 0.25) is 5.91 Å². The molecule has 6 heteroatoms. The molecule has 0 spiro atoms. The lowest BCUT2D eigenvalue weighted by molar-refractivity contribution is -0.142. The molecule has 0 saturated heterocycles. The highest BCUT2D eigenvalue weighted by Crippen LogP contribution is 2.26. The van der Waals surface area contributed by atoms with Gasteiger partial charge in [-0.05, 0) is 69.9 Å². The first-order valence-electron chi connectivity index (χ1n) is 10.7. The topological polar surface area (TPSA) is 58.6 Å². The van der Waals surface area contributed by atoms with Crippen molar-refractivity contribution >= 4 is 27.7 Å². The van der Waals surface area contributed by atoms with E-state index in [2.05, 4.69) is 21.2 Å². The molecule has 0 aliphatic heterocycles. The Morgan fingerprint density at radius 1 is 1.06 bits per heavy atom. The summed E-state index contributed by atoms with van der Waals surface area (Å²) in [6.07, 6.45) is 0.829. The fraction of sp³-hybridized carbons (Fsp3) is 0.440. The molecule has 2 aromatic carbocycles. The molecular formula is C25H33BrN2O3. The van der Waals surface area contributed by atoms with Crippen molar-refractivity contribution in [2.24, 2.45) is 0 Å². The second kappa shape index (κ2) is 11.3. The molecule has 0 fully saturated rings. The molecule has 0 aliphatic rings. The van der Waals surface area contributed by atoms with E-state index in [1.165, 1.54) is 0 Å². The normalized spacial score (nSPS) is 12.7. The Morgan fingerprint density at radius 3 is 2.19 bits per heavy atom. The third-order valence-electron chi connectivity index (χ3n) is 5.41. The molecule has 0 aliphatic carbocycles. The van der Waals surface area contributed by atoms with Crippen LogP contribution in [0.2, 0.25) is 0 Å². The molecule has 2 aromatic rings. The predicted octanol–water partition coefficient (Wildman–Crippen LogP) is 5.09. The van der Waals surface area contributed by atoms with Gasteiger partial charge in [0, 0.05) is 17.1 Å². The summed E-state index contributed by atoms with van der Waals surface area (Å²) in [6.45, 7) is 11.9. The fourth-order valence-corrected chi connectivity index (χ4v) is 3.38. The minimum atomic E-state index is -0.611. The molecule has 5 nitrogen and oxygen atoms in total. The first kappa shape index (κ1) is 24.9. The van der Waals surface area contributed by atoms with Crippen molar-refractivity contribution in [3.8, 4) is 5.75 Å². The number of hydrogen-bond acceptors (Lipinski definition) is 3. The molecule has 0 heterocycles. The molecule has 2 atom stereocenters. The van der Waals surface area contributed by atoms with E-state index in [0.29, 0.717) is 12.3 Å². The summed E-state index contributed by atoms with van der Waals surface area (Å²) in [5.41, 5.74) is 4.20. The van der Waals surface area contributed by atoms with Gasteiger partial charge in [-0.2, -0.15) is 0 Å². The zero-order valence-electron chi connectivity index (χ0n) is 19.3. The van der Waals surface area contributed by atoms with Crippen LogP contribution in [0.25, 0.3) is 0 Å². The van der Waals surface area contributed by atoms with E-state index in [4.69, 9.17) is 4.74 Å². The van der Waals surface area contributed by atoms with Crippen molar-refractivity contribution in [3.05, 3.63) is 63.1 Å². The van der Waals surface area contributed by atoms with Crippen molar-refractivity contribution in [1.29, 1.82) is 0 Å². The highest BCUT2D eigenvalue weighted by Gasteiger charge is 2.27. The summed E-state index contributed by atoms with van der Waals surface area (Å²) in [5, 5.41) is 2.98. The van der Waals surface area contributed by atoms with E-state index in [1.54, 1.807) is 11.8 Å². The lowest BCUT2D eigenvalue weighted by Gasteiger charge is -2.29. The number of ether oxygens (including phenoxy) is 1. The van der Waals surface area contributed by atoms with Gasteiger partial charge in [-0.25, -0.2) is 0 Å². The fourth-order valence-electron chi connectivity index (χ4n) is 3.16. The quantitative estimate of drug-likeness (QED) is 0.534. The first-order chi connectivity index (χ1) is 14.6. The van der Waals surface area contributed by atoms with Gasteiger partial charge in [-0.3, -0.25) is 9.59 Å². The summed E-state index contributed by atoms with van der Waals surface area (Å²) in [4.78, 5) is 27.5.